The van der Waals surface area contributed by atoms with E-state index in [-0.39, 0.29) is 0 Å². The van der Waals surface area contributed by atoms with Crippen molar-refractivity contribution in [2.24, 2.45) is 0 Å². The first kappa shape index (κ1) is 18.7. The standard InChI is InChI=1S/C31H22O/c1-3-4-9-23-20(2)24-10-5-6-11-25(24)28-18-21(14-16-26(23)28)22-15-17-31-29(19-22)27-12-7-8-13-30(27)32-31/h1,5-8,10-19H,4,9H2,2H3. The lowest BCUT2D eigenvalue weighted by Gasteiger charge is -2.15. The number of furan rings is 1. The maximum absolute atomic E-state index is 6.02. The molecule has 0 saturated carbocycles. The Hall–Kier alpha value is -4.02. The molecule has 0 fully saturated rings. The Morgan fingerprint density at radius 2 is 1.31 bits per heavy atom. The van der Waals surface area contributed by atoms with Crippen LogP contribution in [-0.4, -0.2) is 0 Å². The van der Waals surface area contributed by atoms with Crippen molar-refractivity contribution < 1.29 is 4.42 Å². The quantitative estimate of drug-likeness (QED) is 0.211. The zero-order valence-electron chi connectivity index (χ0n) is 18.0. The number of aryl methyl sites for hydroxylation is 2. The molecular formula is C31H22O. The fourth-order valence-corrected chi connectivity index (χ4v) is 5.04. The summed E-state index contributed by atoms with van der Waals surface area (Å²) in [5.41, 5.74) is 6.95. The third kappa shape index (κ3) is 2.81. The van der Waals surface area contributed by atoms with Crippen LogP contribution in [0.25, 0.3) is 54.6 Å². The largest absolute Gasteiger partial charge is 0.456 e. The van der Waals surface area contributed by atoms with E-state index in [1.54, 1.807) is 0 Å². The second-order valence-electron chi connectivity index (χ2n) is 8.42. The normalized spacial score (nSPS) is 11.5. The predicted molar refractivity (Wildman–Crippen MR) is 136 cm³/mol. The highest BCUT2D eigenvalue weighted by atomic mass is 16.3. The molecule has 0 amide bonds. The van der Waals surface area contributed by atoms with Gasteiger partial charge < -0.3 is 4.42 Å². The fraction of sp³-hybridized carbons (Fsp3) is 0.0968. The van der Waals surface area contributed by atoms with E-state index in [2.05, 4.69) is 85.6 Å². The summed E-state index contributed by atoms with van der Waals surface area (Å²) in [6, 6.07) is 30.2. The summed E-state index contributed by atoms with van der Waals surface area (Å²) in [4.78, 5) is 0. The van der Waals surface area contributed by atoms with Crippen molar-refractivity contribution >= 4 is 43.5 Å². The fourth-order valence-electron chi connectivity index (χ4n) is 5.04. The Bertz CT molecular complexity index is 1690. The molecule has 6 aromatic rings. The minimum Gasteiger partial charge on any atom is -0.456 e. The van der Waals surface area contributed by atoms with Gasteiger partial charge in [-0.25, -0.2) is 0 Å². The minimum absolute atomic E-state index is 0.750. The van der Waals surface area contributed by atoms with Gasteiger partial charge in [0.1, 0.15) is 11.2 Å². The van der Waals surface area contributed by atoms with Gasteiger partial charge in [-0.3, -0.25) is 0 Å². The van der Waals surface area contributed by atoms with Crippen LogP contribution < -0.4 is 0 Å². The lowest BCUT2D eigenvalue weighted by Crippen LogP contribution is -1.94. The monoisotopic (exact) mass is 410 g/mol. The summed E-state index contributed by atoms with van der Waals surface area (Å²) >= 11 is 0. The molecule has 0 atom stereocenters. The van der Waals surface area contributed by atoms with Crippen LogP contribution in [-0.2, 0) is 6.42 Å². The predicted octanol–water partition coefficient (Wildman–Crippen LogP) is 8.43. The molecule has 0 aliphatic rings. The zero-order chi connectivity index (χ0) is 21.7. The van der Waals surface area contributed by atoms with Gasteiger partial charge in [-0.15, -0.1) is 12.3 Å². The molecule has 1 nitrogen and oxygen atoms in total. The summed E-state index contributed by atoms with van der Waals surface area (Å²) in [6.07, 6.45) is 7.25. The molecule has 0 saturated heterocycles. The highest BCUT2D eigenvalue weighted by Gasteiger charge is 2.13. The van der Waals surface area contributed by atoms with Crippen LogP contribution in [0.2, 0.25) is 0 Å². The van der Waals surface area contributed by atoms with E-state index in [9.17, 15) is 0 Å². The molecule has 0 bridgehead atoms. The lowest BCUT2D eigenvalue weighted by atomic mass is 9.88. The lowest BCUT2D eigenvalue weighted by molar-refractivity contribution is 0.669. The summed E-state index contributed by atoms with van der Waals surface area (Å²) in [5.74, 6) is 2.81. The van der Waals surface area contributed by atoms with Crippen LogP contribution in [0.4, 0.5) is 0 Å². The molecule has 0 aliphatic heterocycles. The third-order valence-corrected chi connectivity index (χ3v) is 6.65. The first-order valence-corrected chi connectivity index (χ1v) is 11.0. The Morgan fingerprint density at radius 1 is 0.656 bits per heavy atom. The van der Waals surface area contributed by atoms with Gasteiger partial charge in [-0.1, -0.05) is 60.7 Å². The van der Waals surface area contributed by atoms with Crippen molar-refractivity contribution in [2.45, 2.75) is 19.8 Å². The molecule has 0 unspecified atom stereocenters. The molecule has 0 radical (unpaired) electrons. The molecule has 5 aromatic carbocycles. The SMILES string of the molecule is C#CCCc1c(C)c2ccccc2c2cc(-c3ccc4oc5ccccc5c4c3)ccc12. The molecule has 152 valence electrons. The van der Waals surface area contributed by atoms with Gasteiger partial charge >= 0.3 is 0 Å². The van der Waals surface area contributed by atoms with Crippen LogP contribution in [0.3, 0.4) is 0 Å². The molecule has 0 N–H and O–H groups in total. The van der Waals surface area contributed by atoms with Crippen LogP contribution >= 0.6 is 0 Å². The number of hydrogen-bond donors (Lipinski definition) is 0. The van der Waals surface area contributed by atoms with E-state index >= 15 is 0 Å². The van der Waals surface area contributed by atoms with Gasteiger partial charge in [0.15, 0.2) is 0 Å². The Kier molecular flexibility index (Phi) is 4.27. The van der Waals surface area contributed by atoms with Gasteiger partial charge in [0.2, 0.25) is 0 Å². The number of rotatable bonds is 3. The van der Waals surface area contributed by atoms with Gasteiger partial charge in [-0.05, 0) is 81.4 Å². The second-order valence-corrected chi connectivity index (χ2v) is 8.42. The summed E-state index contributed by atoms with van der Waals surface area (Å²) in [5, 5.41) is 7.49. The number of fused-ring (bicyclic) bond motifs is 6. The van der Waals surface area contributed by atoms with Crippen LogP contribution in [0, 0.1) is 19.3 Å². The van der Waals surface area contributed by atoms with Gasteiger partial charge in [0, 0.05) is 17.2 Å². The summed E-state index contributed by atoms with van der Waals surface area (Å²) < 4.78 is 6.02. The van der Waals surface area contributed by atoms with E-state index in [4.69, 9.17) is 10.8 Å². The number of para-hydroxylation sites is 1. The van der Waals surface area contributed by atoms with Crippen LogP contribution in [0.5, 0.6) is 0 Å². The van der Waals surface area contributed by atoms with Gasteiger partial charge in [0.25, 0.3) is 0 Å². The zero-order valence-corrected chi connectivity index (χ0v) is 18.0. The van der Waals surface area contributed by atoms with E-state index < -0.39 is 0 Å². The van der Waals surface area contributed by atoms with Crippen molar-refractivity contribution in [2.75, 3.05) is 0 Å². The molecule has 0 spiro atoms. The first-order chi connectivity index (χ1) is 15.7. The Balaban J connectivity index is 1.61. The van der Waals surface area contributed by atoms with Crippen LogP contribution in [0.15, 0.2) is 89.3 Å². The maximum Gasteiger partial charge on any atom is 0.135 e. The smallest absolute Gasteiger partial charge is 0.135 e. The van der Waals surface area contributed by atoms with Crippen molar-refractivity contribution in [1.29, 1.82) is 0 Å². The molecule has 1 heterocycles. The van der Waals surface area contributed by atoms with Gasteiger partial charge in [-0.2, -0.15) is 0 Å². The Morgan fingerprint density at radius 3 is 2.12 bits per heavy atom. The molecule has 0 aliphatic carbocycles. The average molecular weight is 411 g/mol. The molecule has 32 heavy (non-hydrogen) atoms. The first-order valence-electron chi connectivity index (χ1n) is 11.0. The molecular weight excluding hydrogens is 388 g/mol. The topological polar surface area (TPSA) is 13.1 Å². The van der Waals surface area contributed by atoms with E-state index in [1.807, 2.05) is 12.1 Å². The van der Waals surface area contributed by atoms with Crippen molar-refractivity contribution in [1.82, 2.24) is 0 Å². The van der Waals surface area contributed by atoms with Gasteiger partial charge in [0.05, 0.1) is 0 Å². The van der Waals surface area contributed by atoms with E-state index in [0.717, 1.165) is 34.8 Å². The third-order valence-electron chi connectivity index (χ3n) is 6.65. The van der Waals surface area contributed by atoms with Crippen molar-refractivity contribution in [3.05, 3.63) is 96.1 Å². The number of benzene rings is 5. The summed E-state index contributed by atoms with van der Waals surface area (Å²) in [6.45, 7) is 2.22. The summed E-state index contributed by atoms with van der Waals surface area (Å²) in [7, 11) is 0. The van der Waals surface area contributed by atoms with Crippen molar-refractivity contribution in [3.63, 3.8) is 0 Å². The molecule has 1 aromatic heterocycles. The Labute approximate surface area is 187 Å². The average Bonchev–Trinajstić information content (AvgIpc) is 3.22. The minimum atomic E-state index is 0.750. The van der Waals surface area contributed by atoms with Crippen LogP contribution in [0.1, 0.15) is 17.5 Å². The molecule has 1 heteroatoms. The maximum atomic E-state index is 6.02. The van der Waals surface area contributed by atoms with E-state index in [1.165, 1.54) is 43.8 Å². The van der Waals surface area contributed by atoms with Crippen molar-refractivity contribution in [3.8, 4) is 23.5 Å². The van der Waals surface area contributed by atoms with E-state index in [0.29, 0.717) is 0 Å². The molecule has 6 rings (SSSR count). The highest BCUT2D eigenvalue weighted by molar-refractivity contribution is 6.12. The number of hydrogen-bond acceptors (Lipinski definition) is 1. The number of terminal acetylenes is 1. The second kappa shape index (κ2) is 7.29. The highest BCUT2D eigenvalue weighted by Crippen LogP contribution is 2.37.